The molecule has 2 aromatic rings. The van der Waals surface area contributed by atoms with E-state index in [4.69, 9.17) is 5.11 Å². The highest BCUT2D eigenvalue weighted by Gasteiger charge is 2.17. The molecule has 3 N–H and O–H groups in total. The van der Waals surface area contributed by atoms with Crippen LogP contribution in [0.3, 0.4) is 0 Å². The van der Waals surface area contributed by atoms with Gasteiger partial charge in [0.2, 0.25) is 0 Å². The first-order valence-electron chi connectivity index (χ1n) is 5.49. The van der Waals surface area contributed by atoms with E-state index in [2.05, 4.69) is 9.71 Å². The lowest BCUT2D eigenvalue weighted by atomic mass is 10.2. The van der Waals surface area contributed by atoms with Gasteiger partial charge in [-0.15, -0.1) is 0 Å². The molecule has 0 aliphatic heterocycles. The summed E-state index contributed by atoms with van der Waals surface area (Å²) in [7, 11) is -3.87. The summed E-state index contributed by atoms with van der Waals surface area (Å²) >= 11 is 0. The van der Waals surface area contributed by atoms with Gasteiger partial charge in [0.15, 0.2) is 0 Å². The fourth-order valence-corrected chi connectivity index (χ4v) is 2.66. The predicted octanol–water partition coefficient (Wildman–Crippen LogP) is 1.76. The van der Waals surface area contributed by atoms with Gasteiger partial charge in [0.25, 0.3) is 10.0 Å². The molecule has 7 heteroatoms. The highest BCUT2D eigenvalue weighted by molar-refractivity contribution is 7.92. The summed E-state index contributed by atoms with van der Waals surface area (Å²) in [6, 6.07) is 5.50. The number of aliphatic hydroxyl groups excluding tert-OH is 1. The van der Waals surface area contributed by atoms with Gasteiger partial charge in [-0.1, -0.05) is 6.07 Å². The van der Waals surface area contributed by atoms with Crippen molar-refractivity contribution in [1.82, 2.24) is 4.98 Å². The summed E-state index contributed by atoms with van der Waals surface area (Å²) in [6.07, 6.45) is 1.24. The first-order valence-corrected chi connectivity index (χ1v) is 6.98. The van der Waals surface area contributed by atoms with Crippen LogP contribution in [0, 0.1) is 12.7 Å². The van der Waals surface area contributed by atoms with Gasteiger partial charge >= 0.3 is 0 Å². The molecule has 0 amide bonds. The smallest absolute Gasteiger partial charge is 0.263 e. The molecule has 102 valence electrons. The second-order valence-electron chi connectivity index (χ2n) is 4.11. The van der Waals surface area contributed by atoms with Crippen LogP contribution < -0.4 is 4.72 Å². The van der Waals surface area contributed by atoms with E-state index in [0.29, 0.717) is 11.3 Å². The van der Waals surface area contributed by atoms with Crippen LogP contribution in [0.2, 0.25) is 0 Å². The molecule has 0 bridgehead atoms. The van der Waals surface area contributed by atoms with Gasteiger partial charge in [-0.05, 0) is 30.7 Å². The third kappa shape index (κ3) is 2.94. The van der Waals surface area contributed by atoms with Crippen LogP contribution in [0.4, 0.5) is 10.1 Å². The third-order valence-electron chi connectivity index (χ3n) is 2.57. The number of hydrogen-bond donors (Lipinski definition) is 3. The average molecular weight is 284 g/mol. The Morgan fingerprint density at radius 2 is 2.11 bits per heavy atom. The lowest BCUT2D eigenvalue weighted by molar-refractivity contribution is 0.277. The molecular weight excluding hydrogens is 271 g/mol. The van der Waals surface area contributed by atoms with Crippen molar-refractivity contribution in [3.05, 3.63) is 47.5 Å². The molecule has 0 aliphatic carbocycles. The molecule has 1 heterocycles. The third-order valence-corrected chi connectivity index (χ3v) is 3.91. The molecule has 0 saturated heterocycles. The van der Waals surface area contributed by atoms with Crippen molar-refractivity contribution in [2.45, 2.75) is 18.4 Å². The Morgan fingerprint density at radius 1 is 1.37 bits per heavy atom. The van der Waals surface area contributed by atoms with E-state index in [1.165, 1.54) is 24.4 Å². The van der Waals surface area contributed by atoms with Crippen molar-refractivity contribution in [3.8, 4) is 0 Å². The lowest BCUT2D eigenvalue weighted by Crippen LogP contribution is -2.13. The number of halogens is 1. The van der Waals surface area contributed by atoms with E-state index in [1.54, 1.807) is 13.0 Å². The second kappa shape index (κ2) is 5.02. The molecule has 0 radical (unpaired) electrons. The van der Waals surface area contributed by atoms with Gasteiger partial charge in [-0.3, -0.25) is 4.72 Å². The van der Waals surface area contributed by atoms with E-state index in [9.17, 15) is 12.8 Å². The number of nitrogens with one attached hydrogen (secondary N) is 2. The second-order valence-corrected chi connectivity index (χ2v) is 5.79. The summed E-state index contributed by atoms with van der Waals surface area (Å²) < 4.78 is 39.7. The minimum atomic E-state index is -3.87. The van der Waals surface area contributed by atoms with Crippen LogP contribution in [0.5, 0.6) is 0 Å². The van der Waals surface area contributed by atoms with Crippen molar-refractivity contribution in [1.29, 1.82) is 0 Å². The normalized spacial score (nSPS) is 11.5. The number of sulfonamides is 1. The number of aromatic amines is 1. The Morgan fingerprint density at radius 3 is 2.68 bits per heavy atom. The Balaban J connectivity index is 2.30. The van der Waals surface area contributed by atoms with Crippen LogP contribution >= 0.6 is 0 Å². The van der Waals surface area contributed by atoms with E-state index in [0.717, 1.165) is 0 Å². The number of hydrogen-bond acceptors (Lipinski definition) is 3. The first-order chi connectivity index (χ1) is 8.92. The number of aromatic nitrogens is 1. The zero-order chi connectivity index (χ0) is 14.0. The van der Waals surface area contributed by atoms with Crippen LogP contribution in [-0.4, -0.2) is 18.5 Å². The molecule has 5 nitrogen and oxygen atoms in total. The van der Waals surface area contributed by atoms with Crippen molar-refractivity contribution in [2.75, 3.05) is 4.72 Å². The van der Waals surface area contributed by atoms with Crippen molar-refractivity contribution < 1.29 is 17.9 Å². The summed E-state index contributed by atoms with van der Waals surface area (Å²) in [5, 5.41) is 8.87. The predicted molar refractivity (Wildman–Crippen MR) is 68.7 cm³/mol. The molecular formula is C12H13FN2O3S. The van der Waals surface area contributed by atoms with Gasteiger partial charge < -0.3 is 10.1 Å². The van der Waals surface area contributed by atoms with E-state index >= 15 is 0 Å². The molecule has 0 atom stereocenters. The van der Waals surface area contributed by atoms with Crippen molar-refractivity contribution >= 4 is 15.7 Å². The SMILES string of the molecule is Cc1ccc(NS(=O)(=O)c2c[nH]c(CO)c2)c(F)c1. The Kier molecular flexibility index (Phi) is 3.59. The average Bonchev–Trinajstić information content (AvgIpc) is 2.82. The fourth-order valence-electron chi connectivity index (χ4n) is 1.57. The molecule has 1 aromatic carbocycles. The van der Waals surface area contributed by atoms with Crippen molar-refractivity contribution in [2.24, 2.45) is 0 Å². The van der Waals surface area contributed by atoms with Gasteiger partial charge in [-0.25, -0.2) is 12.8 Å². The Labute approximate surface area is 110 Å². The monoisotopic (exact) mass is 284 g/mol. The standard InChI is InChI=1S/C12H13FN2O3S/c1-8-2-3-12(11(13)4-8)15-19(17,18)10-5-9(7-16)14-6-10/h2-6,14-16H,7H2,1H3. The molecule has 0 unspecified atom stereocenters. The number of rotatable bonds is 4. The van der Waals surface area contributed by atoms with E-state index < -0.39 is 15.8 Å². The van der Waals surface area contributed by atoms with Crippen molar-refractivity contribution in [3.63, 3.8) is 0 Å². The number of aryl methyl sites for hydroxylation is 1. The molecule has 1 aromatic heterocycles. The van der Waals surface area contributed by atoms with Gasteiger partial charge in [0, 0.05) is 11.9 Å². The maximum atomic E-state index is 13.6. The number of benzene rings is 1. The van der Waals surface area contributed by atoms with Crippen LogP contribution in [0.15, 0.2) is 35.4 Å². The molecule has 0 fully saturated rings. The quantitative estimate of drug-likeness (QED) is 0.800. The number of anilines is 1. The molecule has 0 saturated carbocycles. The summed E-state index contributed by atoms with van der Waals surface area (Å²) in [6.45, 7) is 1.41. The summed E-state index contributed by atoms with van der Waals surface area (Å²) in [4.78, 5) is 2.55. The van der Waals surface area contributed by atoms with E-state index in [-0.39, 0.29) is 17.2 Å². The highest BCUT2D eigenvalue weighted by atomic mass is 32.2. The summed E-state index contributed by atoms with van der Waals surface area (Å²) in [5.74, 6) is -0.638. The molecule has 19 heavy (non-hydrogen) atoms. The maximum absolute atomic E-state index is 13.6. The lowest BCUT2D eigenvalue weighted by Gasteiger charge is -2.07. The van der Waals surface area contributed by atoms with Gasteiger partial charge in [0.05, 0.1) is 12.3 Å². The Bertz CT molecular complexity index is 695. The topological polar surface area (TPSA) is 82.2 Å². The first kappa shape index (κ1) is 13.6. The Hall–Kier alpha value is -1.86. The zero-order valence-corrected chi connectivity index (χ0v) is 11.0. The molecule has 0 aliphatic rings. The molecule has 0 spiro atoms. The molecule has 2 rings (SSSR count). The summed E-state index contributed by atoms with van der Waals surface area (Å²) in [5.41, 5.74) is 0.951. The maximum Gasteiger partial charge on any atom is 0.263 e. The zero-order valence-electron chi connectivity index (χ0n) is 10.1. The fraction of sp³-hybridized carbons (Fsp3) is 0.167. The minimum Gasteiger partial charge on any atom is -0.390 e. The number of aliphatic hydroxyl groups is 1. The van der Waals surface area contributed by atoms with Crippen LogP contribution in [0.1, 0.15) is 11.3 Å². The van der Waals surface area contributed by atoms with Crippen LogP contribution in [-0.2, 0) is 16.6 Å². The van der Waals surface area contributed by atoms with Gasteiger partial charge in [-0.2, -0.15) is 0 Å². The number of H-pyrrole nitrogens is 1. The van der Waals surface area contributed by atoms with Gasteiger partial charge in [0.1, 0.15) is 10.7 Å². The van der Waals surface area contributed by atoms with Crippen LogP contribution in [0.25, 0.3) is 0 Å². The highest BCUT2D eigenvalue weighted by Crippen LogP contribution is 2.20. The minimum absolute atomic E-state index is 0.0588. The largest absolute Gasteiger partial charge is 0.390 e. The van der Waals surface area contributed by atoms with E-state index in [1.807, 2.05) is 0 Å².